The molecule has 3 rings (SSSR count). The van der Waals surface area contributed by atoms with E-state index in [0.29, 0.717) is 17.5 Å². The molecule has 2 heterocycles. The van der Waals surface area contributed by atoms with Crippen LogP contribution in [0.25, 0.3) is 9.88 Å². The van der Waals surface area contributed by atoms with E-state index in [4.69, 9.17) is 0 Å². The van der Waals surface area contributed by atoms with Crippen LogP contribution in [0.1, 0.15) is 34.6 Å². The van der Waals surface area contributed by atoms with E-state index in [0.717, 1.165) is 22.0 Å². The fraction of sp³-hybridized carbons (Fsp3) is 0.300. The number of amides is 1. The summed E-state index contributed by atoms with van der Waals surface area (Å²) in [6.07, 6.45) is 1.66. The number of rotatable bonds is 7. The van der Waals surface area contributed by atoms with Gasteiger partial charge in [0.15, 0.2) is 0 Å². The Morgan fingerprint density at radius 3 is 2.65 bits per heavy atom. The Kier molecular flexibility index (Phi) is 6.19. The molecule has 0 radical (unpaired) electrons. The van der Waals surface area contributed by atoms with Gasteiger partial charge in [-0.25, -0.2) is 4.98 Å². The highest BCUT2D eigenvalue weighted by Gasteiger charge is 2.13. The van der Waals surface area contributed by atoms with Crippen LogP contribution in [-0.2, 0) is 13.1 Å². The zero-order valence-electron chi connectivity index (χ0n) is 15.2. The number of nitrogens with zero attached hydrogens (tertiary/aromatic N) is 2. The van der Waals surface area contributed by atoms with Crippen LogP contribution in [0.15, 0.2) is 48.0 Å². The summed E-state index contributed by atoms with van der Waals surface area (Å²) in [6.45, 7) is 5.75. The quantitative estimate of drug-likeness (QED) is 0.644. The Bertz CT molecular complexity index is 856. The third-order valence-electron chi connectivity index (χ3n) is 4.32. The first-order chi connectivity index (χ1) is 12.5. The average molecular weight is 386 g/mol. The molecule has 136 valence electrons. The molecular weight excluding hydrogens is 362 g/mol. The summed E-state index contributed by atoms with van der Waals surface area (Å²) >= 11 is 3.06. The van der Waals surface area contributed by atoms with Gasteiger partial charge in [-0.2, -0.15) is 0 Å². The number of thiophene rings is 1. The molecule has 0 aliphatic heterocycles. The number of carbonyl (C=O) groups is 1. The SMILES string of the molecule is CC(C)N(C)Cc1ccccc1CNC(=O)c1cnc(-c2cccs2)s1. The molecule has 0 spiro atoms. The van der Waals surface area contributed by atoms with Gasteiger partial charge in [0.25, 0.3) is 5.91 Å². The van der Waals surface area contributed by atoms with Crippen molar-refractivity contribution in [2.45, 2.75) is 33.0 Å². The van der Waals surface area contributed by atoms with E-state index in [1.54, 1.807) is 17.5 Å². The second-order valence-electron chi connectivity index (χ2n) is 6.47. The first kappa shape index (κ1) is 18.8. The zero-order valence-corrected chi connectivity index (χ0v) is 16.9. The Labute approximate surface area is 162 Å². The molecule has 0 fully saturated rings. The molecule has 1 amide bonds. The summed E-state index contributed by atoms with van der Waals surface area (Å²) in [4.78, 5) is 20.9. The van der Waals surface area contributed by atoms with Crippen LogP contribution < -0.4 is 5.32 Å². The minimum Gasteiger partial charge on any atom is -0.347 e. The molecule has 0 bridgehead atoms. The van der Waals surface area contributed by atoms with Crippen molar-refractivity contribution in [3.63, 3.8) is 0 Å². The predicted molar refractivity (Wildman–Crippen MR) is 110 cm³/mol. The topological polar surface area (TPSA) is 45.2 Å². The minimum atomic E-state index is -0.0719. The molecule has 0 aliphatic carbocycles. The van der Waals surface area contributed by atoms with E-state index in [-0.39, 0.29) is 5.91 Å². The third kappa shape index (κ3) is 4.58. The number of carbonyl (C=O) groups excluding carboxylic acids is 1. The maximum atomic E-state index is 12.5. The highest BCUT2D eigenvalue weighted by molar-refractivity contribution is 7.21. The largest absolute Gasteiger partial charge is 0.347 e. The van der Waals surface area contributed by atoms with Gasteiger partial charge < -0.3 is 5.32 Å². The third-order valence-corrected chi connectivity index (χ3v) is 6.36. The fourth-order valence-corrected chi connectivity index (χ4v) is 4.13. The van der Waals surface area contributed by atoms with Crippen LogP contribution >= 0.6 is 22.7 Å². The van der Waals surface area contributed by atoms with Gasteiger partial charge in [0.1, 0.15) is 9.88 Å². The Balaban J connectivity index is 1.65. The van der Waals surface area contributed by atoms with E-state index in [2.05, 4.69) is 48.2 Å². The second-order valence-corrected chi connectivity index (χ2v) is 8.45. The van der Waals surface area contributed by atoms with E-state index in [1.807, 2.05) is 29.6 Å². The van der Waals surface area contributed by atoms with Crippen molar-refractivity contribution in [1.29, 1.82) is 0 Å². The van der Waals surface area contributed by atoms with Crippen molar-refractivity contribution in [3.8, 4) is 9.88 Å². The lowest BCUT2D eigenvalue weighted by atomic mass is 10.1. The van der Waals surface area contributed by atoms with Crippen LogP contribution in [0.3, 0.4) is 0 Å². The average Bonchev–Trinajstić information content (AvgIpc) is 3.31. The summed E-state index contributed by atoms with van der Waals surface area (Å²) in [5, 5.41) is 5.94. The van der Waals surface area contributed by atoms with E-state index in [9.17, 15) is 4.79 Å². The molecule has 2 aromatic heterocycles. The zero-order chi connectivity index (χ0) is 18.5. The lowest BCUT2D eigenvalue weighted by Gasteiger charge is -2.22. The van der Waals surface area contributed by atoms with Crippen molar-refractivity contribution < 1.29 is 4.79 Å². The maximum absolute atomic E-state index is 12.5. The molecule has 0 aliphatic rings. The van der Waals surface area contributed by atoms with E-state index in [1.165, 1.54) is 16.9 Å². The monoisotopic (exact) mass is 385 g/mol. The van der Waals surface area contributed by atoms with Gasteiger partial charge in [0.05, 0.1) is 11.1 Å². The highest BCUT2D eigenvalue weighted by Crippen LogP contribution is 2.28. The minimum absolute atomic E-state index is 0.0719. The van der Waals surface area contributed by atoms with Gasteiger partial charge in [0.2, 0.25) is 0 Å². The van der Waals surface area contributed by atoms with Gasteiger partial charge >= 0.3 is 0 Å². The predicted octanol–water partition coefficient (Wildman–Crippen LogP) is 4.64. The number of thiazole rings is 1. The van der Waals surface area contributed by atoms with Crippen LogP contribution in [0.2, 0.25) is 0 Å². The number of nitrogens with one attached hydrogen (secondary N) is 1. The van der Waals surface area contributed by atoms with Gasteiger partial charge in [-0.15, -0.1) is 22.7 Å². The van der Waals surface area contributed by atoms with Crippen LogP contribution in [0.5, 0.6) is 0 Å². The normalized spacial score (nSPS) is 11.3. The first-order valence-corrected chi connectivity index (χ1v) is 10.3. The van der Waals surface area contributed by atoms with Gasteiger partial charge in [-0.05, 0) is 43.5 Å². The van der Waals surface area contributed by atoms with Crippen LogP contribution in [0, 0.1) is 0 Å². The summed E-state index contributed by atoms with van der Waals surface area (Å²) in [7, 11) is 2.11. The van der Waals surface area contributed by atoms with Crippen molar-refractivity contribution in [2.75, 3.05) is 7.05 Å². The Morgan fingerprint density at radius 1 is 1.19 bits per heavy atom. The number of hydrogen-bond acceptors (Lipinski definition) is 5. The molecule has 26 heavy (non-hydrogen) atoms. The first-order valence-electron chi connectivity index (χ1n) is 8.59. The standard InChI is InChI=1S/C20H23N3OS2/c1-14(2)23(3)13-16-8-5-4-7-15(16)11-21-19(24)18-12-22-20(26-18)17-9-6-10-25-17/h4-10,12,14H,11,13H2,1-3H3,(H,21,24). The number of hydrogen-bond donors (Lipinski definition) is 1. The lowest BCUT2D eigenvalue weighted by Crippen LogP contribution is -2.27. The van der Waals surface area contributed by atoms with Crippen molar-refractivity contribution >= 4 is 28.6 Å². The van der Waals surface area contributed by atoms with Gasteiger partial charge in [-0.3, -0.25) is 9.69 Å². The van der Waals surface area contributed by atoms with Crippen molar-refractivity contribution in [3.05, 3.63) is 64.0 Å². The summed E-state index contributed by atoms with van der Waals surface area (Å²) in [6, 6.07) is 12.8. The number of aromatic nitrogens is 1. The molecule has 0 unspecified atom stereocenters. The van der Waals surface area contributed by atoms with Crippen LogP contribution in [0.4, 0.5) is 0 Å². The molecule has 3 aromatic rings. The molecule has 1 N–H and O–H groups in total. The van der Waals surface area contributed by atoms with Crippen molar-refractivity contribution in [1.82, 2.24) is 15.2 Å². The highest BCUT2D eigenvalue weighted by atomic mass is 32.1. The Hall–Kier alpha value is -2.02. The molecule has 0 atom stereocenters. The molecular formula is C20H23N3OS2. The summed E-state index contributed by atoms with van der Waals surface area (Å²) in [5.74, 6) is -0.0719. The van der Waals surface area contributed by atoms with E-state index < -0.39 is 0 Å². The summed E-state index contributed by atoms with van der Waals surface area (Å²) in [5.41, 5.74) is 2.39. The van der Waals surface area contributed by atoms with Crippen LogP contribution in [-0.4, -0.2) is 28.9 Å². The fourth-order valence-electron chi connectivity index (χ4n) is 2.49. The number of benzene rings is 1. The smallest absolute Gasteiger partial charge is 0.263 e. The molecule has 1 aromatic carbocycles. The molecule has 0 saturated heterocycles. The van der Waals surface area contributed by atoms with Gasteiger partial charge in [0, 0.05) is 19.1 Å². The van der Waals surface area contributed by atoms with Crippen molar-refractivity contribution in [2.24, 2.45) is 0 Å². The summed E-state index contributed by atoms with van der Waals surface area (Å²) < 4.78 is 0. The van der Waals surface area contributed by atoms with E-state index >= 15 is 0 Å². The van der Waals surface area contributed by atoms with Gasteiger partial charge in [-0.1, -0.05) is 30.3 Å². The second kappa shape index (κ2) is 8.58. The Morgan fingerprint density at radius 2 is 1.96 bits per heavy atom. The molecule has 4 nitrogen and oxygen atoms in total. The molecule has 0 saturated carbocycles. The molecule has 6 heteroatoms. The lowest BCUT2D eigenvalue weighted by molar-refractivity contribution is 0.0954. The maximum Gasteiger partial charge on any atom is 0.263 e.